The minimum Gasteiger partial charge on any atom is -0.347 e. The second-order valence-corrected chi connectivity index (χ2v) is 6.35. The minimum atomic E-state index is 0.374. The fourth-order valence-electron chi connectivity index (χ4n) is 2.81. The molecule has 0 aliphatic carbocycles. The van der Waals surface area contributed by atoms with Crippen LogP contribution in [0.3, 0.4) is 0 Å². The van der Waals surface area contributed by atoms with E-state index < -0.39 is 0 Å². The van der Waals surface area contributed by atoms with Gasteiger partial charge in [0.05, 0.1) is 0 Å². The molecule has 0 spiro atoms. The fraction of sp³-hybridized carbons (Fsp3) is 0.529. The van der Waals surface area contributed by atoms with E-state index >= 15 is 0 Å². The molecule has 0 aliphatic rings. The molecule has 1 aromatic heterocycles. The van der Waals surface area contributed by atoms with Crippen LogP contribution in [0.1, 0.15) is 44.7 Å². The van der Waals surface area contributed by atoms with Crippen LogP contribution in [0.25, 0.3) is 10.9 Å². The first-order chi connectivity index (χ1) is 8.43. The summed E-state index contributed by atoms with van der Waals surface area (Å²) >= 11 is 0. The Balaban J connectivity index is 2.37. The third-order valence-electron chi connectivity index (χ3n) is 3.91. The van der Waals surface area contributed by atoms with Crippen molar-refractivity contribution in [3.8, 4) is 0 Å². The van der Waals surface area contributed by atoms with Gasteiger partial charge in [0.25, 0.3) is 0 Å². The van der Waals surface area contributed by atoms with Crippen molar-refractivity contribution in [1.82, 2.24) is 4.57 Å². The number of aromatic nitrogens is 1. The molecule has 1 heterocycles. The molecule has 2 rings (SSSR count). The summed E-state index contributed by atoms with van der Waals surface area (Å²) in [6.07, 6.45) is 4.77. The highest BCUT2D eigenvalue weighted by Crippen LogP contribution is 2.28. The van der Waals surface area contributed by atoms with Gasteiger partial charge in [0.1, 0.15) is 0 Å². The number of hydrogen-bond donors (Lipinski definition) is 0. The largest absolute Gasteiger partial charge is 0.347 e. The maximum absolute atomic E-state index is 2.41. The van der Waals surface area contributed by atoms with Crippen LogP contribution in [-0.2, 0) is 6.54 Å². The zero-order chi connectivity index (χ0) is 13.3. The van der Waals surface area contributed by atoms with Crippen LogP contribution in [0.4, 0.5) is 0 Å². The Morgan fingerprint density at radius 1 is 1.11 bits per heavy atom. The average molecular weight is 243 g/mol. The molecular weight excluding hydrogens is 218 g/mol. The number of rotatable bonds is 4. The zero-order valence-electron chi connectivity index (χ0n) is 12.4. The van der Waals surface area contributed by atoms with E-state index in [1.807, 2.05) is 0 Å². The third-order valence-corrected chi connectivity index (χ3v) is 3.91. The molecule has 1 nitrogen and oxygen atoms in total. The zero-order valence-corrected chi connectivity index (χ0v) is 12.4. The van der Waals surface area contributed by atoms with E-state index in [1.165, 1.54) is 34.9 Å². The van der Waals surface area contributed by atoms with Crippen molar-refractivity contribution in [2.75, 3.05) is 0 Å². The van der Waals surface area contributed by atoms with Crippen molar-refractivity contribution in [1.29, 1.82) is 0 Å². The van der Waals surface area contributed by atoms with E-state index in [4.69, 9.17) is 0 Å². The van der Waals surface area contributed by atoms with Gasteiger partial charge < -0.3 is 4.57 Å². The average Bonchev–Trinajstić information content (AvgIpc) is 2.61. The van der Waals surface area contributed by atoms with Crippen molar-refractivity contribution in [3.05, 3.63) is 35.5 Å². The molecule has 2 aromatic rings. The molecule has 0 unspecified atom stereocenters. The van der Waals surface area contributed by atoms with Crippen molar-refractivity contribution in [2.24, 2.45) is 5.41 Å². The van der Waals surface area contributed by atoms with Gasteiger partial charge in [-0.2, -0.15) is 0 Å². The van der Waals surface area contributed by atoms with Gasteiger partial charge in [-0.05, 0) is 60.4 Å². The number of benzene rings is 1. The van der Waals surface area contributed by atoms with Crippen LogP contribution in [0.5, 0.6) is 0 Å². The van der Waals surface area contributed by atoms with Gasteiger partial charge in [0, 0.05) is 18.3 Å². The monoisotopic (exact) mass is 243 g/mol. The molecule has 0 fully saturated rings. The third kappa shape index (κ3) is 2.60. The van der Waals surface area contributed by atoms with Gasteiger partial charge in [-0.1, -0.05) is 27.2 Å². The van der Waals surface area contributed by atoms with Gasteiger partial charge in [0.2, 0.25) is 0 Å². The molecular formula is C17H25N. The van der Waals surface area contributed by atoms with Crippen LogP contribution >= 0.6 is 0 Å². The van der Waals surface area contributed by atoms with Crippen molar-refractivity contribution in [3.63, 3.8) is 0 Å². The lowest BCUT2D eigenvalue weighted by Crippen LogP contribution is -2.18. The van der Waals surface area contributed by atoms with E-state index in [-0.39, 0.29) is 0 Å². The normalized spacial score (nSPS) is 12.3. The Morgan fingerprint density at radius 2 is 1.78 bits per heavy atom. The summed E-state index contributed by atoms with van der Waals surface area (Å²) in [7, 11) is 0. The van der Waals surface area contributed by atoms with Gasteiger partial charge in [-0.25, -0.2) is 0 Å². The lowest BCUT2D eigenvalue weighted by atomic mass is 9.88. The molecule has 0 radical (unpaired) electrons. The standard InChI is InChI=1S/C17H25N/c1-6-8-17(4,5)12-18-9-7-15-10-13(2)14(3)11-16(15)18/h7,9-11H,6,8,12H2,1-5H3. The lowest BCUT2D eigenvalue weighted by molar-refractivity contribution is 0.283. The quantitative estimate of drug-likeness (QED) is 0.705. The number of aryl methyl sites for hydroxylation is 2. The van der Waals surface area contributed by atoms with Gasteiger partial charge >= 0.3 is 0 Å². The molecule has 98 valence electrons. The fourth-order valence-corrected chi connectivity index (χ4v) is 2.81. The van der Waals surface area contributed by atoms with Crippen molar-refractivity contribution in [2.45, 2.75) is 54.0 Å². The Morgan fingerprint density at radius 3 is 2.44 bits per heavy atom. The minimum absolute atomic E-state index is 0.374. The molecule has 1 heteroatoms. The number of nitrogens with zero attached hydrogens (tertiary/aromatic N) is 1. The summed E-state index contributed by atoms with van der Waals surface area (Å²) in [6, 6.07) is 6.87. The highest BCUT2D eigenvalue weighted by atomic mass is 15.0. The van der Waals surface area contributed by atoms with E-state index in [1.54, 1.807) is 0 Å². The Hall–Kier alpha value is -1.24. The maximum atomic E-state index is 2.41. The summed E-state index contributed by atoms with van der Waals surface area (Å²) in [5, 5.41) is 1.37. The van der Waals surface area contributed by atoms with Crippen LogP contribution in [0.2, 0.25) is 0 Å². The van der Waals surface area contributed by atoms with E-state index in [0.717, 1.165) is 6.54 Å². The highest BCUT2D eigenvalue weighted by Gasteiger charge is 2.18. The summed E-state index contributed by atoms with van der Waals surface area (Å²) in [6.45, 7) is 12.5. The molecule has 0 N–H and O–H groups in total. The van der Waals surface area contributed by atoms with Gasteiger partial charge in [-0.15, -0.1) is 0 Å². The van der Waals surface area contributed by atoms with Crippen LogP contribution in [0.15, 0.2) is 24.4 Å². The highest BCUT2D eigenvalue weighted by molar-refractivity contribution is 5.81. The van der Waals surface area contributed by atoms with Crippen LogP contribution in [0, 0.1) is 19.3 Å². The molecule has 18 heavy (non-hydrogen) atoms. The SMILES string of the molecule is CCCC(C)(C)Cn1ccc2cc(C)c(C)cc21. The Labute approximate surface area is 111 Å². The molecule has 0 saturated heterocycles. The Bertz CT molecular complexity index is 546. The first-order valence-electron chi connectivity index (χ1n) is 6.99. The van der Waals surface area contributed by atoms with Crippen molar-refractivity contribution >= 4 is 10.9 Å². The van der Waals surface area contributed by atoms with Crippen molar-refractivity contribution < 1.29 is 0 Å². The van der Waals surface area contributed by atoms with Gasteiger partial charge in [-0.3, -0.25) is 0 Å². The lowest BCUT2D eigenvalue weighted by Gasteiger charge is -2.25. The van der Waals surface area contributed by atoms with E-state index in [2.05, 4.69) is 63.6 Å². The van der Waals surface area contributed by atoms with E-state index in [9.17, 15) is 0 Å². The molecule has 0 aliphatic heterocycles. The molecule has 1 aromatic carbocycles. The summed E-state index contributed by atoms with van der Waals surface area (Å²) in [5.74, 6) is 0. The second-order valence-electron chi connectivity index (χ2n) is 6.35. The predicted octanol–water partition coefficient (Wildman–Crippen LogP) is 5.08. The first-order valence-corrected chi connectivity index (χ1v) is 6.99. The predicted molar refractivity (Wildman–Crippen MR) is 80.1 cm³/mol. The Kier molecular flexibility index (Phi) is 3.52. The topological polar surface area (TPSA) is 4.93 Å². The van der Waals surface area contributed by atoms with Gasteiger partial charge in [0.15, 0.2) is 0 Å². The number of fused-ring (bicyclic) bond motifs is 1. The van der Waals surface area contributed by atoms with E-state index in [0.29, 0.717) is 5.41 Å². The molecule has 0 amide bonds. The summed E-state index contributed by atoms with van der Waals surface area (Å²) < 4.78 is 2.41. The number of hydrogen-bond acceptors (Lipinski definition) is 0. The second kappa shape index (κ2) is 4.79. The first kappa shape index (κ1) is 13.2. The smallest absolute Gasteiger partial charge is 0.0483 e. The molecule has 0 atom stereocenters. The van der Waals surface area contributed by atoms with Crippen LogP contribution < -0.4 is 0 Å². The maximum Gasteiger partial charge on any atom is 0.0483 e. The molecule has 0 saturated carbocycles. The summed E-state index contributed by atoms with van der Waals surface area (Å²) in [5.41, 5.74) is 4.52. The molecule has 0 bridgehead atoms. The van der Waals surface area contributed by atoms with Crippen LogP contribution in [-0.4, -0.2) is 4.57 Å². The summed E-state index contributed by atoms with van der Waals surface area (Å²) in [4.78, 5) is 0.